The zero-order valence-corrected chi connectivity index (χ0v) is 29.1. The van der Waals surface area contributed by atoms with Crippen LogP contribution in [0.2, 0.25) is 23.4 Å². The van der Waals surface area contributed by atoms with Gasteiger partial charge in [0.1, 0.15) is 17.3 Å². The molecule has 3 heterocycles. The molecule has 1 aliphatic rings. The second kappa shape index (κ2) is 12.4. The highest BCUT2D eigenvalue weighted by atomic mass is 35.5. The molecule has 2 aromatic rings. The number of aromatic nitrogens is 4. The molecule has 0 saturated carbocycles. The number of ether oxygens (including phenoxy) is 3. The maximum atomic E-state index is 13.3. The molecule has 0 unspecified atom stereocenters. The van der Waals surface area contributed by atoms with E-state index in [1.165, 1.54) is 10.9 Å². The average molecular weight is 654 g/mol. The van der Waals surface area contributed by atoms with Crippen LogP contribution in [0.25, 0.3) is 11.0 Å². The van der Waals surface area contributed by atoms with Crippen LogP contribution in [-0.4, -0.2) is 75.2 Å². The first-order chi connectivity index (χ1) is 19.9. The van der Waals surface area contributed by atoms with E-state index in [4.69, 9.17) is 30.2 Å². The zero-order valence-electron chi connectivity index (χ0n) is 27.3. The summed E-state index contributed by atoms with van der Waals surface area (Å²) < 4.78 is 25.1. The minimum absolute atomic E-state index is 0.0524. The van der Waals surface area contributed by atoms with Gasteiger partial charge in [0.25, 0.3) is 0 Å². The van der Waals surface area contributed by atoms with E-state index in [9.17, 15) is 19.5 Å². The molecule has 2 aromatic heterocycles. The number of hydrogen-bond donors (Lipinski definition) is 1. The zero-order chi connectivity index (χ0) is 33.6. The van der Waals surface area contributed by atoms with E-state index in [2.05, 4.69) is 55.5 Å². The molecule has 15 heteroatoms. The minimum Gasteiger partial charge on any atom is -0.481 e. The summed E-state index contributed by atoms with van der Waals surface area (Å²) in [6, 6.07) is 0. The van der Waals surface area contributed by atoms with Crippen LogP contribution in [0.3, 0.4) is 0 Å². The van der Waals surface area contributed by atoms with E-state index in [0.29, 0.717) is 10.5 Å². The van der Waals surface area contributed by atoms with Crippen LogP contribution in [0.15, 0.2) is 18.3 Å². The summed E-state index contributed by atoms with van der Waals surface area (Å²) in [7, 11) is -2.16. The number of anilines is 1. The number of rotatable bonds is 7. The molecule has 0 bridgehead atoms. The molecule has 13 nitrogen and oxygen atoms in total. The Kier molecular flexibility index (Phi) is 9.96. The van der Waals surface area contributed by atoms with Gasteiger partial charge in [-0.15, -0.1) is 0 Å². The van der Waals surface area contributed by atoms with Crippen molar-refractivity contribution in [1.82, 2.24) is 19.7 Å². The Morgan fingerprint density at radius 1 is 1.05 bits per heavy atom. The van der Waals surface area contributed by atoms with Gasteiger partial charge in [-0.25, -0.2) is 14.3 Å². The van der Waals surface area contributed by atoms with Gasteiger partial charge in [0.2, 0.25) is 5.28 Å². The first-order valence-corrected chi connectivity index (χ1v) is 17.6. The number of fused-ring (bicyclic) bond motifs is 1. The van der Waals surface area contributed by atoms with Gasteiger partial charge < -0.3 is 23.7 Å². The number of amides is 2. The van der Waals surface area contributed by atoms with E-state index in [0.717, 1.165) is 0 Å². The van der Waals surface area contributed by atoms with Crippen LogP contribution in [0.1, 0.15) is 75.0 Å². The molecule has 0 radical (unpaired) electrons. The number of carbonyl (C=O) groups excluding carboxylic acids is 2. The summed E-state index contributed by atoms with van der Waals surface area (Å²) in [5.41, 5.74) is -1.28. The summed E-state index contributed by atoms with van der Waals surface area (Å²) in [6.45, 7) is 24.8. The largest absolute Gasteiger partial charge is 0.481 e. The molecule has 244 valence electrons. The smallest absolute Gasteiger partial charge is 0.425 e. The summed E-state index contributed by atoms with van der Waals surface area (Å²) in [5, 5.41) is 14.0. The van der Waals surface area contributed by atoms with E-state index < -0.39 is 55.9 Å². The molecule has 1 N–H and O–H groups in total. The second-order valence-electron chi connectivity index (χ2n) is 14.3. The number of carboxylic acid groups (broad SMARTS) is 1. The van der Waals surface area contributed by atoms with Crippen LogP contribution >= 0.6 is 11.6 Å². The molecule has 3 atom stereocenters. The number of aliphatic carboxylic acids is 1. The highest BCUT2D eigenvalue weighted by Gasteiger charge is 2.45. The van der Waals surface area contributed by atoms with E-state index in [-0.39, 0.29) is 40.2 Å². The molecule has 0 aromatic carbocycles. The number of carboxylic acids is 1. The number of halogens is 1. The Balaban J connectivity index is 2.11. The van der Waals surface area contributed by atoms with Gasteiger partial charge >= 0.3 is 18.2 Å². The molecule has 0 spiro atoms. The lowest BCUT2D eigenvalue weighted by molar-refractivity contribution is -0.139. The first kappa shape index (κ1) is 35.4. The van der Waals surface area contributed by atoms with Crippen LogP contribution in [0.4, 0.5) is 15.4 Å². The molecule has 0 aliphatic carbocycles. The van der Waals surface area contributed by atoms with Gasteiger partial charge in [-0.1, -0.05) is 27.4 Å². The van der Waals surface area contributed by atoms with Crippen molar-refractivity contribution in [2.45, 2.75) is 110 Å². The topological polar surface area (TPSA) is 155 Å². The minimum atomic E-state index is -2.16. The van der Waals surface area contributed by atoms with Gasteiger partial charge in [-0.05, 0) is 76.8 Å². The quantitative estimate of drug-likeness (QED) is 0.192. The average Bonchev–Trinajstić information content (AvgIpc) is 3.35. The predicted octanol–water partition coefficient (Wildman–Crippen LogP) is 6.72. The van der Waals surface area contributed by atoms with E-state index in [1.54, 1.807) is 41.5 Å². The van der Waals surface area contributed by atoms with Crippen LogP contribution in [0, 0.1) is 5.92 Å². The lowest BCUT2D eigenvalue weighted by Crippen LogP contribution is -2.44. The Bertz CT molecular complexity index is 1410. The third-order valence-corrected chi connectivity index (χ3v) is 12.0. The number of imide groups is 1. The maximum absolute atomic E-state index is 13.3. The van der Waals surface area contributed by atoms with Crippen molar-refractivity contribution in [2.24, 2.45) is 5.92 Å². The molecule has 2 amide bonds. The lowest BCUT2D eigenvalue weighted by atomic mass is 9.94. The third kappa shape index (κ3) is 8.14. The van der Waals surface area contributed by atoms with Gasteiger partial charge in [0.15, 0.2) is 26.0 Å². The highest BCUT2D eigenvalue weighted by molar-refractivity contribution is 6.74. The Morgan fingerprint density at radius 2 is 1.59 bits per heavy atom. The van der Waals surface area contributed by atoms with Crippen LogP contribution < -0.4 is 4.90 Å². The van der Waals surface area contributed by atoms with Crippen molar-refractivity contribution in [3.8, 4) is 0 Å². The van der Waals surface area contributed by atoms with Gasteiger partial charge in [-0.3, -0.25) is 4.79 Å². The molecule has 1 aliphatic heterocycles. The number of carbonyl (C=O) groups is 3. The molecular weight excluding hydrogens is 610 g/mol. The van der Waals surface area contributed by atoms with Crippen molar-refractivity contribution in [1.29, 1.82) is 0 Å². The summed E-state index contributed by atoms with van der Waals surface area (Å²) in [5.74, 6) is -1.98. The molecule has 44 heavy (non-hydrogen) atoms. The van der Waals surface area contributed by atoms with Crippen LogP contribution in [-0.2, 0) is 23.4 Å². The summed E-state index contributed by atoms with van der Waals surface area (Å²) in [4.78, 5) is 47.7. The number of nitrogens with zero attached hydrogens (tertiary/aromatic N) is 5. The standard InChI is InChI=1S/C29H44ClN5O8Si/c1-16-17(13-20(36)37)23(41-19(16)15-40-44(11,12)29(8,9)10)35-22-18(14-31-35)21(32-24(30)33-22)34(25(38)42-27(2,3)4)26(39)43-28(5,6)7/h14,17,19,23H,1,13,15H2,2-12H3,(H,36,37)/t17-,19-,23-/m1/s1. The number of hydrogen-bond acceptors (Lipinski definition) is 10. The van der Waals surface area contributed by atoms with Gasteiger partial charge in [-0.2, -0.15) is 20.0 Å². The SMILES string of the molecule is C=C1[C@@H](CC(=O)O)[C@H](n2ncc3c(N(C(=O)OC(C)(C)C)C(=O)OC(C)(C)C)nc(Cl)nc32)O[C@@H]1CO[Si](C)(C)C(C)(C)C. The fourth-order valence-corrected chi connectivity index (χ4v) is 5.33. The lowest BCUT2D eigenvalue weighted by Gasteiger charge is -2.36. The highest BCUT2D eigenvalue weighted by Crippen LogP contribution is 2.43. The third-order valence-electron chi connectivity index (χ3n) is 7.35. The van der Waals surface area contributed by atoms with Crippen molar-refractivity contribution >= 4 is 54.9 Å². The van der Waals surface area contributed by atoms with Crippen molar-refractivity contribution in [3.05, 3.63) is 23.6 Å². The summed E-state index contributed by atoms with van der Waals surface area (Å²) >= 11 is 6.34. The molecule has 1 fully saturated rings. The van der Waals surface area contributed by atoms with Crippen molar-refractivity contribution in [2.75, 3.05) is 11.5 Å². The van der Waals surface area contributed by atoms with Gasteiger partial charge in [0.05, 0.1) is 24.6 Å². The monoisotopic (exact) mass is 653 g/mol. The van der Waals surface area contributed by atoms with E-state index >= 15 is 0 Å². The van der Waals surface area contributed by atoms with E-state index in [1.807, 2.05) is 0 Å². The van der Waals surface area contributed by atoms with Crippen molar-refractivity contribution in [3.63, 3.8) is 0 Å². The molecular formula is C29H44ClN5O8Si. The molecule has 3 rings (SSSR count). The molecule has 1 saturated heterocycles. The second-order valence-corrected chi connectivity index (χ2v) is 19.5. The summed E-state index contributed by atoms with van der Waals surface area (Å²) in [6.07, 6.45) is -2.63. The Hall–Kier alpha value is -3.07. The van der Waals surface area contributed by atoms with Gasteiger partial charge in [0, 0.05) is 5.92 Å². The normalized spacial score (nSPS) is 19.7. The maximum Gasteiger partial charge on any atom is 0.425 e. The fourth-order valence-electron chi connectivity index (χ4n) is 4.17. The first-order valence-electron chi connectivity index (χ1n) is 14.3. The fraction of sp³-hybridized carbons (Fsp3) is 0.655. The van der Waals surface area contributed by atoms with Crippen LogP contribution in [0.5, 0.6) is 0 Å². The Labute approximate surface area is 264 Å². The Morgan fingerprint density at radius 3 is 2.07 bits per heavy atom. The predicted molar refractivity (Wildman–Crippen MR) is 167 cm³/mol. The van der Waals surface area contributed by atoms with Crippen molar-refractivity contribution < 1.29 is 38.1 Å².